The number of piperidine rings is 1. The maximum absolute atomic E-state index is 13.4. The van der Waals surface area contributed by atoms with E-state index in [-0.39, 0.29) is 5.91 Å². The van der Waals surface area contributed by atoms with Crippen molar-refractivity contribution >= 4 is 29.3 Å². The molecule has 0 atom stereocenters. The van der Waals surface area contributed by atoms with Crippen LogP contribution in [-0.4, -0.2) is 77.3 Å². The van der Waals surface area contributed by atoms with E-state index in [9.17, 15) is 4.79 Å². The van der Waals surface area contributed by atoms with E-state index in [1.165, 1.54) is 10.5 Å². The SMILES string of the molecule is O=C(c1nn(C2CCN(CCCl)CC2)c2c1CSc1ccccc1-2)N1CCOCC1. The van der Waals surface area contributed by atoms with Crippen molar-refractivity contribution in [3.05, 3.63) is 35.5 Å². The molecular weight excluding hydrogens is 420 g/mol. The Bertz CT molecular complexity index is 920. The Morgan fingerprint density at radius 2 is 1.93 bits per heavy atom. The smallest absolute Gasteiger partial charge is 0.274 e. The number of carbonyl (C=O) groups is 1. The molecule has 0 N–H and O–H groups in total. The van der Waals surface area contributed by atoms with E-state index in [1.54, 1.807) is 11.8 Å². The molecule has 3 aliphatic rings. The first-order chi connectivity index (χ1) is 14.8. The van der Waals surface area contributed by atoms with E-state index in [0.717, 1.165) is 49.5 Å². The second-order valence-electron chi connectivity index (χ2n) is 8.07. The van der Waals surface area contributed by atoms with Crippen LogP contribution in [0, 0.1) is 0 Å². The lowest BCUT2D eigenvalue weighted by Gasteiger charge is -2.32. The van der Waals surface area contributed by atoms with Crippen molar-refractivity contribution in [2.75, 3.05) is 51.8 Å². The van der Waals surface area contributed by atoms with Crippen LogP contribution in [-0.2, 0) is 10.5 Å². The number of halogens is 1. The topological polar surface area (TPSA) is 50.6 Å². The quantitative estimate of drug-likeness (QED) is 0.673. The molecule has 2 fully saturated rings. The average molecular weight is 447 g/mol. The number of alkyl halides is 1. The number of amides is 1. The number of nitrogens with zero attached hydrogens (tertiary/aromatic N) is 4. The Morgan fingerprint density at radius 3 is 2.70 bits per heavy atom. The molecule has 2 saturated heterocycles. The highest BCUT2D eigenvalue weighted by atomic mass is 35.5. The van der Waals surface area contributed by atoms with E-state index in [1.807, 2.05) is 4.90 Å². The molecule has 3 aliphatic heterocycles. The fraction of sp³-hybridized carbons (Fsp3) is 0.545. The van der Waals surface area contributed by atoms with Crippen LogP contribution < -0.4 is 0 Å². The van der Waals surface area contributed by atoms with Crippen molar-refractivity contribution in [2.45, 2.75) is 29.5 Å². The number of fused-ring (bicyclic) bond motifs is 3. The van der Waals surface area contributed by atoms with Gasteiger partial charge in [-0.05, 0) is 18.9 Å². The molecule has 0 saturated carbocycles. The Hall–Kier alpha value is -1.54. The molecule has 0 bridgehead atoms. The fourth-order valence-electron chi connectivity index (χ4n) is 4.69. The molecule has 5 rings (SSSR count). The highest BCUT2D eigenvalue weighted by Gasteiger charge is 2.34. The van der Waals surface area contributed by atoms with Crippen LogP contribution in [0.1, 0.15) is 34.9 Å². The van der Waals surface area contributed by atoms with Gasteiger partial charge in [0.1, 0.15) is 0 Å². The summed E-state index contributed by atoms with van der Waals surface area (Å²) in [6.07, 6.45) is 2.07. The lowest BCUT2D eigenvalue weighted by molar-refractivity contribution is 0.0297. The van der Waals surface area contributed by atoms with E-state index >= 15 is 0 Å². The molecule has 8 heteroatoms. The van der Waals surface area contributed by atoms with E-state index in [2.05, 4.69) is 33.8 Å². The van der Waals surface area contributed by atoms with Crippen molar-refractivity contribution in [2.24, 2.45) is 0 Å². The first-order valence-electron chi connectivity index (χ1n) is 10.7. The van der Waals surface area contributed by atoms with E-state index in [0.29, 0.717) is 43.9 Å². The number of carbonyl (C=O) groups excluding carboxylic acids is 1. The number of hydrogen-bond acceptors (Lipinski definition) is 5. The molecule has 160 valence electrons. The second kappa shape index (κ2) is 8.91. The molecule has 1 amide bonds. The Morgan fingerprint density at radius 1 is 1.17 bits per heavy atom. The van der Waals surface area contributed by atoms with Crippen molar-refractivity contribution < 1.29 is 9.53 Å². The van der Waals surface area contributed by atoms with Gasteiger partial charge < -0.3 is 14.5 Å². The molecule has 2 aromatic rings. The lowest BCUT2D eigenvalue weighted by atomic mass is 10.0. The molecule has 4 heterocycles. The molecule has 0 spiro atoms. The van der Waals surface area contributed by atoms with Gasteiger partial charge in [0.15, 0.2) is 5.69 Å². The third-order valence-corrected chi connectivity index (χ3v) is 7.60. The zero-order chi connectivity index (χ0) is 20.5. The van der Waals surface area contributed by atoms with Crippen molar-refractivity contribution in [1.29, 1.82) is 0 Å². The zero-order valence-electron chi connectivity index (χ0n) is 17.1. The van der Waals surface area contributed by atoms with Crippen LogP contribution >= 0.6 is 23.4 Å². The summed E-state index contributed by atoms with van der Waals surface area (Å²) in [7, 11) is 0. The van der Waals surface area contributed by atoms with Crippen LogP contribution in [0.5, 0.6) is 0 Å². The van der Waals surface area contributed by atoms with Crippen LogP contribution in [0.2, 0.25) is 0 Å². The number of aromatic nitrogens is 2. The summed E-state index contributed by atoms with van der Waals surface area (Å²) < 4.78 is 7.62. The number of thioether (sulfide) groups is 1. The third-order valence-electron chi connectivity index (χ3n) is 6.33. The predicted molar refractivity (Wildman–Crippen MR) is 119 cm³/mol. The summed E-state index contributed by atoms with van der Waals surface area (Å²) in [5.74, 6) is 1.51. The Kier molecular flexibility index (Phi) is 6.05. The van der Waals surface area contributed by atoms with Crippen LogP contribution in [0.4, 0.5) is 0 Å². The van der Waals surface area contributed by atoms with Crippen molar-refractivity contribution in [3.63, 3.8) is 0 Å². The van der Waals surface area contributed by atoms with Gasteiger partial charge in [0, 0.05) is 60.4 Å². The molecule has 0 unspecified atom stereocenters. The summed E-state index contributed by atoms with van der Waals surface area (Å²) in [5, 5.41) is 4.99. The summed E-state index contributed by atoms with van der Waals surface area (Å²) in [6.45, 7) is 5.47. The van der Waals surface area contributed by atoms with E-state index < -0.39 is 0 Å². The summed E-state index contributed by atoms with van der Waals surface area (Å²) in [6, 6.07) is 8.82. The molecule has 1 aromatic carbocycles. The standard InChI is InChI=1S/C22H27ClN4O2S/c23-7-10-25-8-5-16(6-9-25)27-21-17-3-1-2-4-19(17)30-15-18(21)20(24-27)22(28)26-11-13-29-14-12-26/h1-4,16H,5-15H2. The summed E-state index contributed by atoms with van der Waals surface area (Å²) in [5.41, 5.74) is 4.09. The summed E-state index contributed by atoms with van der Waals surface area (Å²) >= 11 is 7.74. The van der Waals surface area contributed by atoms with Gasteiger partial charge in [-0.1, -0.05) is 18.2 Å². The van der Waals surface area contributed by atoms with Crippen LogP contribution in [0.25, 0.3) is 11.3 Å². The maximum Gasteiger partial charge on any atom is 0.274 e. The van der Waals surface area contributed by atoms with Gasteiger partial charge in [-0.15, -0.1) is 23.4 Å². The molecule has 6 nitrogen and oxygen atoms in total. The molecule has 1 aromatic heterocycles. The van der Waals surface area contributed by atoms with Gasteiger partial charge in [-0.25, -0.2) is 0 Å². The highest BCUT2D eigenvalue weighted by Crippen LogP contribution is 2.44. The first kappa shape index (κ1) is 20.4. The van der Waals surface area contributed by atoms with Gasteiger partial charge in [-0.3, -0.25) is 9.48 Å². The zero-order valence-corrected chi connectivity index (χ0v) is 18.6. The van der Waals surface area contributed by atoms with Gasteiger partial charge in [0.25, 0.3) is 5.91 Å². The van der Waals surface area contributed by atoms with Crippen LogP contribution in [0.3, 0.4) is 0 Å². The fourth-order valence-corrected chi connectivity index (χ4v) is 6.00. The maximum atomic E-state index is 13.4. The minimum absolute atomic E-state index is 0.0489. The highest BCUT2D eigenvalue weighted by molar-refractivity contribution is 7.98. The first-order valence-corrected chi connectivity index (χ1v) is 12.3. The van der Waals surface area contributed by atoms with Gasteiger partial charge in [-0.2, -0.15) is 5.10 Å². The lowest BCUT2D eigenvalue weighted by Crippen LogP contribution is -2.41. The molecule has 0 aliphatic carbocycles. The number of likely N-dealkylation sites (tertiary alicyclic amines) is 1. The largest absolute Gasteiger partial charge is 0.378 e. The number of ether oxygens (including phenoxy) is 1. The second-order valence-corrected chi connectivity index (χ2v) is 9.47. The van der Waals surface area contributed by atoms with Gasteiger partial charge >= 0.3 is 0 Å². The van der Waals surface area contributed by atoms with Gasteiger partial charge in [0.05, 0.1) is 24.9 Å². The molecule has 30 heavy (non-hydrogen) atoms. The normalized spacial score (nSPS) is 20.1. The molecular formula is C22H27ClN4O2S. The number of rotatable bonds is 4. The summed E-state index contributed by atoms with van der Waals surface area (Å²) in [4.78, 5) is 19.0. The monoisotopic (exact) mass is 446 g/mol. The van der Waals surface area contributed by atoms with Crippen molar-refractivity contribution in [3.8, 4) is 11.3 Å². The third kappa shape index (κ3) is 3.77. The van der Waals surface area contributed by atoms with Crippen LogP contribution in [0.15, 0.2) is 29.2 Å². The number of benzene rings is 1. The molecule has 0 radical (unpaired) electrons. The Balaban J connectivity index is 1.52. The average Bonchev–Trinajstić information content (AvgIpc) is 3.20. The minimum atomic E-state index is 0.0489. The van der Waals surface area contributed by atoms with Crippen molar-refractivity contribution in [1.82, 2.24) is 19.6 Å². The Labute approximate surface area is 186 Å². The number of hydrogen-bond donors (Lipinski definition) is 0. The van der Waals surface area contributed by atoms with E-state index in [4.69, 9.17) is 21.4 Å². The minimum Gasteiger partial charge on any atom is -0.378 e. The number of morpholine rings is 1. The predicted octanol–water partition coefficient (Wildman–Crippen LogP) is 3.50. The van der Waals surface area contributed by atoms with Gasteiger partial charge in [0.2, 0.25) is 0 Å².